The van der Waals surface area contributed by atoms with Crippen molar-refractivity contribution < 1.29 is 19.1 Å². The van der Waals surface area contributed by atoms with E-state index < -0.39 is 5.97 Å². The van der Waals surface area contributed by atoms with Crippen LogP contribution in [0.5, 0.6) is 5.75 Å². The molecule has 0 fully saturated rings. The molecule has 0 saturated heterocycles. The van der Waals surface area contributed by atoms with Crippen molar-refractivity contribution in [2.45, 2.75) is 6.42 Å². The van der Waals surface area contributed by atoms with Crippen LogP contribution in [0.4, 0.5) is 11.7 Å². The second kappa shape index (κ2) is 5.77. The van der Waals surface area contributed by atoms with Crippen LogP contribution in [0.2, 0.25) is 0 Å². The van der Waals surface area contributed by atoms with Crippen molar-refractivity contribution in [2.24, 2.45) is 0 Å². The van der Waals surface area contributed by atoms with Crippen LogP contribution in [0.25, 0.3) is 11.1 Å². The number of carbonyl (C=O) groups is 1. The zero-order valence-electron chi connectivity index (χ0n) is 11.9. The van der Waals surface area contributed by atoms with Gasteiger partial charge in [0, 0.05) is 5.69 Å². The van der Waals surface area contributed by atoms with Gasteiger partial charge in [0.1, 0.15) is 5.75 Å². The van der Waals surface area contributed by atoms with E-state index in [-0.39, 0.29) is 6.42 Å². The summed E-state index contributed by atoms with van der Waals surface area (Å²) < 4.78 is 10.9. The number of oxazole rings is 1. The van der Waals surface area contributed by atoms with Gasteiger partial charge in [-0.25, -0.2) is 0 Å². The van der Waals surface area contributed by atoms with E-state index in [1.807, 2.05) is 30.3 Å². The number of benzene rings is 2. The summed E-state index contributed by atoms with van der Waals surface area (Å²) in [4.78, 5) is 15.2. The summed E-state index contributed by atoms with van der Waals surface area (Å²) in [5, 5.41) is 12.0. The SMILES string of the molecule is COc1cc(CC(=O)O)cc2oc(Nc3ccccc3)nc12. The topological polar surface area (TPSA) is 84.6 Å². The Hall–Kier alpha value is -3.02. The van der Waals surface area contributed by atoms with E-state index in [4.69, 9.17) is 14.3 Å². The van der Waals surface area contributed by atoms with E-state index in [1.165, 1.54) is 7.11 Å². The zero-order valence-corrected chi connectivity index (χ0v) is 11.9. The Bertz CT molecular complexity index is 812. The van der Waals surface area contributed by atoms with Gasteiger partial charge in [-0.3, -0.25) is 4.79 Å². The molecule has 0 bridgehead atoms. The summed E-state index contributed by atoms with van der Waals surface area (Å²) in [6, 6.07) is 13.1. The minimum Gasteiger partial charge on any atom is -0.494 e. The summed E-state index contributed by atoms with van der Waals surface area (Å²) in [5.74, 6) is -0.429. The molecule has 0 spiro atoms. The number of carboxylic acid groups (broad SMARTS) is 1. The van der Waals surface area contributed by atoms with Gasteiger partial charge in [0.25, 0.3) is 6.01 Å². The normalized spacial score (nSPS) is 10.6. The molecule has 6 heteroatoms. The van der Waals surface area contributed by atoms with E-state index in [2.05, 4.69) is 10.3 Å². The number of methoxy groups -OCH3 is 1. The maximum atomic E-state index is 10.9. The molecular weight excluding hydrogens is 284 g/mol. The van der Waals surface area contributed by atoms with E-state index in [1.54, 1.807) is 12.1 Å². The third kappa shape index (κ3) is 2.85. The molecule has 3 aromatic rings. The fraction of sp³-hybridized carbons (Fsp3) is 0.125. The van der Waals surface area contributed by atoms with Crippen LogP contribution in [0.15, 0.2) is 46.9 Å². The lowest BCUT2D eigenvalue weighted by molar-refractivity contribution is -0.136. The highest BCUT2D eigenvalue weighted by molar-refractivity contribution is 5.84. The number of ether oxygens (including phenoxy) is 1. The first-order valence-corrected chi connectivity index (χ1v) is 6.67. The van der Waals surface area contributed by atoms with Crippen molar-refractivity contribution in [3.05, 3.63) is 48.0 Å². The molecule has 2 N–H and O–H groups in total. The van der Waals surface area contributed by atoms with Gasteiger partial charge in [-0.1, -0.05) is 18.2 Å². The molecule has 0 radical (unpaired) electrons. The van der Waals surface area contributed by atoms with Crippen LogP contribution < -0.4 is 10.1 Å². The summed E-state index contributed by atoms with van der Waals surface area (Å²) >= 11 is 0. The van der Waals surface area contributed by atoms with Crippen molar-refractivity contribution in [3.8, 4) is 5.75 Å². The van der Waals surface area contributed by atoms with Crippen molar-refractivity contribution >= 4 is 28.8 Å². The average Bonchev–Trinajstić information content (AvgIpc) is 2.89. The first kappa shape index (κ1) is 13.9. The number of hydrogen-bond acceptors (Lipinski definition) is 5. The Kier molecular flexibility index (Phi) is 3.65. The first-order chi connectivity index (χ1) is 10.7. The number of rotatable bonds is 5. The van der Waals surface area contributed by atoms with Gasteiger partial charge in [-0.05, 0) is 29.8 Å². The zero-order chi connectivity index (χ0) is 15.5. The number of aromatic nitrogens is 1. The molecule has 6 nitrogen and oxygen atoms in total. The molecule has 0 aliphatic heterocycles. The maximum Gasteiger partial charge on any atom is 0.307 e. The monoisotopic (exact) mass is 298 g/mol. The number of hydrogen-bond donors (Lipinski definition) is 2. The third-order valence-electron chi connectivity index (χ3n) is 3.12. The van der Waals surface area contributed by atoms with Crippen molar-refractivity contribution in [3.63, 3.8) is 0 Å². The predicted molar refractivity (Wildman–Crippen MR) is 81.6 cm³/mol. The number of anilines is 2. The minimum atomic E-state index is -0.913. The van der Waals surface area contributed by atoms with Crippen LogP contribution in [0, 0.1) is 0 Å². The summed E-state index contributed by atoms with van der Waals surface area (Å²) in [6.45, 7) is 0. The Labute approximate surface area is 126 Å². The van der Waals surface area contributed by atoms with Crippen molar-refractivity contribution in [1.29, 1.82) is 0 Å². The lowest BCUT2D eigenvalue weighted by Crippen LogP contribution is -2.00. The fourth-order valence-electron chi connectivity index (χ4n) is 2.18. The highest BCUT2D eigenvalue weighted by Gasteiger charge is 2.14. The van der Waals surface area contributed by atoms with E-state index in [0.717, 1.165) is 5.69 Å². The molecule has 1 heterocycles. The highest BCUT2D eigenvalue weighted by Crippen LogP contribution is 2.30. The van der Waals surface area contributed by atoms with Gasteiger partial charge < -0.3 is 19.6 Å². The van der Waals surface area contributed by atoms with Gasteiger partial charge in [-0.15, -0.1) is 0 Å². The second-order valence-electron chi connectivity index (χ2n) is 4.73. The van der Waals surface area contributed by atoms with Gasteiger partial charge in [0.2, 0.25) is 0 Å². The number of nitrogens with one attached hydrogen (secondary N) is 1. The number of nitrogens with zero attached hydrogens (tertiary/aromatic N) is 1. The van der Waals surface area contributed by atoms with E-state index in [9.17, 15) is 4.79 Å². The van der Waals surface area contributed by atoms with Crippen LogP contribution in [0.1, 0.15) is 5.56 Å². The van der Waals surface area contributed by atoms with E-state index in [0.29, 0.717) is 28.4 Å². The molecule has 0 amide bonds. The summed E-state index contributed by atoms with van der Waals surface area (Å²) in [7, 11) is 1.51. The van der Waals surface area contributed by atoms with Gasteiger partial charge >= 0.3 is 5.97 Å². The standard InChI is InChI=1S/C16H14N2O4/c1-21-12-7-10(9-14(19)20)8-13-15(12)18-16(22-13)17-11-5-3-2-4-6-11/h2-8H,9H2,1H3,(H,17,18)(H,19,20). The highest BCUT2D eigenvalue weighted by atomic mass is 16.5. The molecule has 3 rings (SSSR count). The van der Waals surface area contributed by atoms with Crippen LogP contribution >= 0.6 is 0 Å². The number of carboxylic acids is 1. The van der Waals surface area contributed by atoms with Crippen molar-refractivity contribution in [1.82, 2.24) is 4.98 Å². The quantitative estimate of drug-likeness (QED) is 0.752. The molecule has 112 valence electrons. The minimum absolute atomic E-state index is 0.103. The van der Waals surface area contributed by atoms with E-state index >= 15 is 0 Å². The van der Waals surface area contributed by atoms with Gasteiger partial charge in [0.05, 0.1) is 13.5 Å². The Morgan fingerprint density at radius 1 is 1.32 bits per heavy atom. The van der Waals surface area contributed by atoms with Crippen LogP contribution in [0.3, 0.4) is 0 Å². The number of fused-ring (bicyclic) bond motifs is 1. The van der Waals surface area contributed by atoms with Crippen LogP contribution in [-0.4, -0.2) is 23.2 Å². The van der Waals surface area contributed by atoms with Crippen LogP contribution in [-0.2, 0) is 11.2 Å². The molecule has 0 unspecified atom stereocenters. The molecule has 0 aliphatic carbocycles. The lowest BCUT2D eigenvalue weighted by atomic mass is 10.1. The molecule has 22 heavy (non-hydrogen) atoms. The second-order valence-corrected chi connectivity index (χ2v) is 4.73. The largest absolute Gasteiger partial charge is 0.494 e. The van der Waals surface area contributed by atoms with Crippen molar-refractivity contribution in [2.75, 3.05) is 12.4 Å². The molecule has 1 aromatic heterocycles. The third-order valence-corrected chi connectivity index (χ3v) is 3.12. The fourth-order valence-corrected chi connectivity index (χ4v) is 2.18. The molecular formula is C16H14N2O4. The summed E-state index contributed by atoms with van der Waals surface area (Å²) in [5.41, 5.74) is 2.47. The smallest absolute Gasteiger partial charge is 0.307 e. The molecule has 0 saturated carbocycles. The Morgan fingerprint density at radius 2 is 2.09 bits per heavy atom. The number of aliphatic carboxylic acids is 1. The van der Waals surface area contributed by atoms with Gasteiger partial charge in [-0.2, -0.15) is 4.98 Å². The summed E-state index contributed by atoms with van der Waals surface area (Å²) in [6.07, 6.45) is -0.103. The maximum absolute atomic E-state index is 10.9. The predicted octanol–water partition coefficient (Wildman–Crippen LogP) is 3.21. The number of para-hydroxylation sites is 1. The Morgan fingerprint density at radius 3 is 2.77 bits per heavy atom. The average molecular weight is 298 g/mol. The first-order valence-electron chi connectivity index (χ1n) is 6.67. The molecule has 0 aliphatic rings. The Balaban J connectivity index is 1.99. The lowest BCUT2D eigenvalue weighted by Gasteiger charge is -2.02. The molecule has 2 aromatic carbocycles. The molecule has 0 atom stereocenters. The van der Waals surface area contributed by atoms with Gasteiger partial charge in [0.15, 0.2) is 11.1 Å².